The molecule has 108 valence electrons. The first kappa shape index (κ1) is 14.7. The van der Waals surface area contributed by atoms with E-state index in [-0.39, 0.29) is 17.1 Å². The van der Waals surface area contributed by atoms with E-state index in [1.165, 1.54) is 36.4 Å². The van der Waals surface area contributed by atoms with Crippen LogP contribution >= 0.6 is 0 Å². The number of aryl methyl sites for hydroxylation is 1. The number of hydrogen-bond acceptors (Lipinski definition) is 2. The highest BCUT2D eigenvalue weighted by atomic mass is 19.1. The smallest absolute Gasteiger partial charge is 0.328 e. The summed E-state index contributed by atoms with van der Waals surface area (Å²) < 4.78 is 32.5. The summed E-state index contributed by atoms with van der Waals surface area (Å²) in [4.78, 5) is 10.5. The number of carboxylic acids is 1. The topological polar surface area (TPSA) is 46.5 Å². The van der Waals surface area contributed by atoms with Gasteiger partial charge >= 0.3 is 5.97 Å². The van der Waals surface area contributed by atoms with E-state index < -0.39 is 11.8 Å². The summed E-state index contributed by atoms with van der Waals surface area (Å²) in [6.07, 6.45) is 1.94. The van der Waals surface area contributed by atoms with Crippen molar-refractivity contribution in [3.05, 3.63) is 65.2 Å². The van der Waals surface area contributed by atoms with Gasteiger partial charge in [-0.1, -0.05) is 6.07 Å². The molecule has 0 bridgehead atoms. The molecule has 2 aromatic carbocycles. The normalized spacial score (nSPS) is 10.8. The van der Waals surface area contributed by atoms with Crippen LogP contribution in [0.15, 0.2) is 42.5 Å². The maximum absolute atomic E-state index is 13.8. The molecule has 0 unspecified atom stereocenters. The third-order valence-electron chi connectivity index (χ3n) is 2.76. The van der Waals surface area contributed by atoms with Crippen LogP contribution in [0, 0.1) is 18.6 Å². The maximum Gasteiger partial charge on any atom is 0.328 e. The molecule has 0 saturated carbocycles. The van der Waals surface area contributed by atoms with E-state index in [4.69, 9.17) is 9.84 Å². The molecule has 0 saturated heterocycles. The molecule has 0 heterocycles. The molecule has 2 rings (SSSR count). The van der Waals surface area contributed by atoms with Crippen molar-refractivity contribution in [3.63, 3.8) is 0 Å². The molecular formula is C16H12F2O3. The highest BCUT2D eigenvalue weighted by Crippen LogP contribution is 2.29. The van der Waals surface area contributed by atoms with Crippen LogP contribution < -0.4 is 4.74 Å². The van der Waals surface area contributed by atoms with Gasteiger partial charge < -0.3 is 9.84 Å². The fourth-order valence-electron chi connectivity index (χ4n) is 1.73. The number of hydrogen-bond donors (Lipinski definition) is 1. The molecule has 0 aliphatic heterocycles. The zero-order chi connectivity index (χ0) is 15.4. The van der Waals surface area contributed by atoms with Crippen LogP contribution in [-0.2, 0) is 4.79 Å². The molecule has 0 aliphatic rings. The van der Waals surface area contributed by atoms with Crippen molar-refractivity contribution in [2.45, 2.75) is 6.92 Å². The van der Waals surface area contributed by atoms with Gasteiger partial charge in [-0.2, -0.15) is 0 Å². The number of ether oxygens (including phenoxy) is 1. The second kappa shape index (κ2) is 6.17. The molecular weight excluding hydrogens is 278 g/mol. The van der Waals surface area contributed by atoms with Crippen LogP contribution in [0.4, 0.5) is 8.78 Å². The van der Waals surface area contributed by atoms with Gasteiger partial charge in [0.2, 0.25) is 0 Å². The number of halogens is 2. The highest BCUT2D eigenvalue weighted by Gasteiger charge is 2.09. The Kier molecular flexibility index (Phi) is 4.33. The van der Waals surface area contributed by atoms with Gasteiger partial charge in [-0.25, -0.2) is 13.6 Å². The molecule has 0 atom stereocenters. The van der Waals surface area contributed by atoms with Crippen molar-refractivity contribution in [2.75, 3.05) is 0 Å². The maximum atomic E-state index is 13.8. The van der Waals surface area contributed by atoms with Crippen LogP contribution in [0.2, 0.25) is 0 Å². The van der Waals surface area contributed by atoms with Gasteiger partial charge in [-0.3, -0.25) is 0 Å². The lowest BCUT2D eigenvalue weighted by molar-refractivity contribution is -0.131. The van der Waals surface area contributed by atoms with Crippen LogP contribution in [0.5, 0.6) is 11.5 Å². The Labute approximate surface area is 120 Å². The predicted molar refractivity (Wildman–Crippen MR) is 74.3 cm³/mol. The summed E-state index contributed by atoms with van der Waals surface area (Å²) in [5.74, 6) is -1.68. The number of benzene rings is 2. The summed E-state index contributed by atoms with van der Waals surface area (Å²) in [6, 6.07) is 8.28. The Morgan fingerprint density at radius 1 is 1.19 bits per heavy atom. The second-order valence-electron chi connectivity index (χ2n) is 4.34. The first-order valence-corrected chi connectivity index (χ1v) is 6.11. The van der Waals surface area contributed by atoms with Crippen molar-refractivity contribution < 1.29 is 23.4 Å². The monoisotopic (exact) mass is 290 g/mol. The van der Waals surface area contributed by atoms with Crippen LogP contribution in [0.1, 0.15) is 11.1 Å². The van der Waals surface area contributed by atoms with Crippen LogP contribution in [0.3, 0.4) is 0 Å². The Morgan fingerprint density at radius 2 is 1.95 bits per heavy atom. The summed E-state index contributed by atoms with van der Waals surface area (Å²) >= 11 is 0. The number of rotatable bonds is 4. The molecule has 0 spiro atoms. The third-order valence-corrected chi connectivity index (χ3v) is 2.76. The second-order valence-corrected chi connectivity index (χ2v) is 4.34. The van der Waals surface area contributed by atoms with Gasteiger partial charge in [-0.05, 0) is 48.9 Å². The molecule has 0 fully saturated rings. The first-order valence-electron chi connectivity index (χ1n) is 6.11. The van der Waals surface area contributed by atoms with Gasteiger partial charge in [-0.15, -0.1) is 0 Å². The lowest BCUT2D eigenvalue weighted by Crippen LogP contribution is -1.93. The van der Waals surface area contributed by atoms with E-state index in [2.05, 4.69) is 0 Å². The van der Waals surface area contributed by atoms with Crippen molar-refractivity contribution in [2.24, 2.45) is 0 Å². The lowest BCUT2D eigenvalue weighted by atomic mass is 10.1. The number of carbonyl (C=O) groups is 1. The third kappa shape index (κ3) is 3.66. The largest absolute Gasteiger partial charge is 0.478 e. The Balaban J connectivity index is 2.37. The van der Waals surface area contributed by atoms with E-state index in [1.807, 2.05) is 0 Å². The van der Waals surface area contributed by atoms with Gasteiger partial charge in [0.15, 0.2) is 0 Å². The fourth-order valence-corrected chi connectivity index (χ4v) is 1.73. The zero-order valence-corrected chi connectivity index (χ0v) is 11.1. The van der Waals surface area contributed by atoms with Gasteiger partial charge in [0, 0.05) is 6.08 Å². The van der Waals surface area contributed by atoms with Gasteiger partial charge in [0.05, 0.1) is 5.56 Å². The van der Waals surface area contributed by atoms with Crippen molar-refractivity contribution in [1.29, 1.82) is 0 Å². The predicted octanol–water partition coefficient (Wildman–Crippen LogP) is 4.16. The summed E-state index contributed by atoms with van der Waals surface area (Å²) in [5, 5.41) is 8.62. The van der Waals surface area contributed by atoms with Crippen LogP contribution in [-0.4, -0.2) is 11.1 Å². The Bertz CT molecular complexity index is 709. The molecule has 1 N–H and O–H groups in total. The highest BCUT2D eigenvalue weighted by molar-refractivity contribution is 5.86. The van der Waals surface area contributed by atoms with E-state index in [0.717, 1.165) is 12.2 Å². The van der Waals surface area contributed by atoms with Crippen LogP contribution in [0.25, 0.3) is 6.08 Å². The van der Waals surface area contributed by atoms with Crippen molar-refractivity contribution in [1.82, 2.24) is 0 Å². The number of aliphatic carboxylic acids is 1. The Hall–Kier alpha value is -2.69. The molecule has 21 heavy (non-hydrogen) atoms. The van der Waals surface area contributed by atoms with E-state index in [0.29, 0.717) is 11.3 Å². The summed E-state index contributed by atoms with van der Waals surface area (Å²) in [5.41, 5.74) is 0.411. The minimum Gasteiger partial charge on any atom is -0.478 e. The van der Waals surface area contributed by atoms with E-state index in [1.54, 1.807) is 6.92 Å². The minimum absolute atomic E-state index is 0.0156. The first-order chi connectivity index (χ1) is 9.97. The number of carboxylic acid groups (broad SMARTS) is 1. The molecule has 0 aromatic heterocycles. The lowest BCUT2D eigenvalue weighted by Gasteiger charge is -2.10. The summed E-state index contributed by atoms with van der Waals surface area (Å²) in [7, 11) is 0. The Morgan fingerprint density at radius 3 is 2.62 bits per heavy atom. The van der Waals surface area contributed by atoms with Crippen molar-refractivity contribution in [3.8, 4) is 11.5 Å². The van der Waals surface area contributed by atoms with Gasteiger partial charge in [0.1, 0.15) is 23.1 Å². The molecule has 2 aromatic rings. The van der Waals surface area contributed by atoms with E-state index >= 15 is 0 Å². The standard InChI is InChI=1S/C16H12F2O3/c1-10-9-11(5-7-13(10)17)21-15-4-2-3-14(18)12(15)6-8-16(19)20/h2-9H,1H3,(H,19,20)/b8-6+. The van der Waals surface area contributed by atoms with E-state index in [9.17, 15) is 13.6 Å². The van der Waals surface area contributed by atoms with Crippen molar-refractivity contribution >= 4 is 12.0 Å². The molecule has 0 radical (unpaired) electrons. The molecule has 0 aliphatic carbocycles. The zero-order valence-electron chi connectivity index (χ0n) is 11.1. The average molecular weight is 290 g/mol. The van der Waals surface area contributed by atoms with Gasteiger partial charge in [0.25, 0.3) is 0 Å². The minimum atomic E-state index is -1.19. The summed E-state index contributed by atoms with van der Waals surface area (Å²) in [6.45, 7) is 1.58. The fraction of sp³-hybridized carbons (Fsp3) is 0.0625. The quantitative estimate of drug-likeness (QED) is 0.860. The molecule has 3 nitrogen and oxygen atoms in total. The average Bonchev–Trinajstić information content (AvgIpc) is 2.42. The molecule has 5 heteroatoms. The SMILES string of the molecule is Cc1cc(Oc2cccc(F)c2/C=C/C(=O)O)ccc1F. The molecule has 0 amide bonds.